The van der Waals surface area contributed by atoms with E-state index in [1.165, 1.54) is 0 Å². The summed E-state index contributed by atoms with van der Waals surface area (Å²) in [5.74, 6) is -1.48. The SMILES string of the molecule is CCCCCC(=O)CC[C@@H]1C(CCC(=O)O)C(=O)C[C@H]1O. The fourth-order valence-electron chi connectivity index (χ4n) is 3.09. The molecule has 1 aliphatic rings. The van der Waals surface area contributed by atoms with Crippen LogP contribution >= 0.6 is 0 Å². The van der Waals surface area contributed by atoms with Crippen molar-refractivity contribution in [1.82, 2.24) is 0 Å². The summed E-state index contributed by atoms with van der Waals surface area (Å²) < 4.78 is 0. The van der Waals surface area contributed by atoms with Gasteiger partial charge in [0.1, 0.15) is 11.6 Å². The first-order chi connectivity index (χ1) is 9.95. The van der Waals surface area contributed by atoms with Gasteiger partial charge in [0.2, 0.25) is 0 Å². The molecule has 0 spiro atoms. The van der Waals surface area contributed by atoms with E-state index in [0.717, 1.165) is 19.3 Å². The van der Waals surface area contributed by atoms with Gasteiger partial charge in [-0.05, 0) is 25.2 Å². The maximum atomic E-state index is 11.8. The van der Waals surface area contributed by atoms with E-state index in [4.69, 9.17) is 5.11 Å². The maximum Gasteiger partial charge on any atom is 0.303 e. The van der Waals surface area contributed by atoms with Gasteiger partial charge in [0.15, 0.2) is 0 Å². The van der Waals surface area contributed by atoms with Crippen LogP contribution in [0.5, 0.6) is 0 Å². The van der Waals surface area contributed by atoms with Gasteiger partial charge in [-0.3, -0.25) is 14.4 Å². The predicted molar refractivity (Wildman–Crippen MR) is 77.9 cm³/mol. The Kier molecular flexibility index (Phi) is 7.57. The molecule has 1 saturated carbocycles. The highest BCUT2D eigenvalue weighted by Crippen LogP contribution is 2.35. The molecule has 0 aromatic heterocycles. The summed E-state index contributed by atoms with van der Waals surface area (Å²) in [4.78, 5) is 34.2. The van der Waals surface area contributed by atoms with Crippen molar-refractivity contribution < 1.29 is 24.6 Å². The number of hydrogen-bond acceptors (Lipinski definition) is 4. The zero-order valence-corrected chi connectivity index (χ0v) is 12.7. The first kappa shape index (κ1) is 17.8. The molecule has 5 heteroatoms. The number of carboxylic acids is 1. The second-order valence-corrected chi connectivity index (χ2v) is 5.98. The van der Waals surface area contributed by atoms with E-state index in [1.54, 1.807) is 0 Å². The first-order valence-corrected chi connectivity index (χ1v) is 7.90. The minimum Gasteiger partial charge on any atom is -0.481 e. The van der Waals surface area contributed by atoms with E-state index in [2.05, 4.69) is 6.92 Å². The van der Waals surface area contributed by atoms with Gasteiger partial charge in [-0.25, -0.2) is 0 Å². The van der Waals surface area contributed by atoms with Crippen LogP contribution in [0.15, 0.2) is 0 Å². The third-order valence-corrected chi connectivity index (χ3v) is 4.32. The zero-order chi connectivity index (χ0) is 15.8. The number of carbonyl (C=O) groups is 3. The molecule has 1 rings (SSSR count). The van der Waals surface area contributed by atoms with Crippen LogP contribution in [0.3, 0.4) is 0 Å². The van der Waals surface area contributed by atoms with Crippen LogP contribution < -0.4 is 0 Å². The first-order valence-electron chi connectivity index (χ1n) is 7.90. The fraction of sp³-hybridized carbons (Fsp3) is 0.812. The van der Waals surface area contributed by atoms with Gasteiger partial charge in [0, 0.05) is 31.6 Å². The molecular formula is C16H26O5. The standard InChI is InChI=1S/C16H26O5/c1-2-3-4-5-11(17)6-7-12-13(8-9-16(20)21)15(19)10-14(12)18/h12-14,18H,2-10H2,1H3,(H,20,21)/t12-,13?,14-/m1/s1. The highest BCUT2D eigenvalue weighted by Gasteiger charge is 2.41. The summed E-state index contributed by atoms with van der Waals surface area (Å²) >= 11 is 0. The largest absolute Gasteiger partial charge is 0.481 e. The third kappa shape index (κ3) is 5.96. The van der Waals surface area contributed by atoms with Crippen molar-refractivity contribution in [3.05, 3.63) is 0 Å². The van der Waals surface area contributed by atoms with Crippen molar-refractivity contribution in [3.8, 4) is 0 Å². The summed E-state index contributed by atoms with van der Waals surface area (Å²) in [7, 11) is 0. The Bertz CT molecular complexity index is 377. The summed E-state index contributed by atoms with van der Waals surface area (Å²) in [6, 6.07) is 0. The minimum atomic E-state index is -0.932. The second-order valence-electron chi connectivity index (χ2n) is 5.98. The van der Waals surface area contributed by atoms with Gasteiger partial charge in [0.05, 0.1) is 6.10 Å². The molecule has 0 radical (unpaired) electrons. The van der Waals surface area contributed by atoms with E-state index in [1.807, 2.05) is 0 Å². The molecule has 120 valence electrons. The molecule has 0 heterocycles. The monoisotopic (exact) mass is 298 g/mol. The number of carboxylic acid groups (broad SMARTS) is 1. The number of unbranched alkanes of at least 4 members (excludes halogenated alkanes) is 2. The topological polar surface area (TPSA) is 91.7 Å². The molecule has 0 aliphatic heterocycles. The van der Waals surface area contributed by atoms with Gasteiger partial charge >= 0.3 is 5.97 Å². The van der Waals surface area contributed by atoms with Crippen LogP contribution in [-0.4, -0.2) is 33.9 Å². The Hall–Kier alpha value is -1.23. The highest BCUT2D eigenvalue weighted by molar-refractivity contribution is 5.85. The van der Waals surface area contributed by atoms with Gasteiger partial charge < -0.3 is 10.2 Å². The van der Waals surface area contributed by atoms with Crippen LogP contribution in [0.4, 0.5) is 0 Å². The van der Waals surface area contributed by atoms with E-state index in [0.29, 0.717) is 19.3 Å². The van der Waals surface area contributed by atoms with Crippen LogP contribution in [0, 0.1) is 11.8 Å². The molecule has 2 N–H and O–H groups in total. The quantitative estimate of drug-likeness (QED) is 0.604. The normalized spacial score (nSPS) is 25.2. The molecule has 0 aromatic carbocycles. The Morgan fingerprint density at radius 1 is 1.14 bits per heavy atom. The lowest BCUT2D eigenvalue weighted by atomic mass is 9.86. The number of aliphatic carboxylic acids is 1. The van der Waals surface area contributed by atoms with Crippen molar-refractivity contribution in [2.75, 3.05) is 0 Å². The molecule has 0 saturated heterocycles. The van der Waals surface area contributed by atoms with E-state index in [9.17, 15) is 19.5 Å². The lowest BCUT2D eigenvalue weighted by molar-refractivity contribution is -0.137. The smallest absolute Gasteiger partial charge is 0.303 e. The van der Waals surface area contributed by atoms with Gasteiger partial charge in [-0.1, -0.05) is 19.8 Å². The third-order valence-electron chi connectivity index (χ3n) is 4.32. The van der Waals surface area contributed by atoms with Crippen molar-refractivity contribution >= 4 is 17.5 Å². The van der Waals surface area contributed by atoms with Crippen molar-refractivity contribution in [1.29, 1.82) is 0 Å². The molecule has 0 aromatic rings. The number of aliphatic hydroxyl groups excluding tert-OH is 1. The van der Waals surface area contributed by atoms with Gasteiger partial charge in [-0.15, -0.1) is 0 Å². The summed E-state index contributed by atoms with van der Waals surface area (Å²) in [6.45, 7) is 2.08. The van der Waals surface area contributed by atoms with E-state index in [-0.39, 0.29) is 36.7 Å². The molecule has 1 aliphatic carbocycles. The molecule has 0 amide bonds. The van der Waals surface area contributed by atoms with Crippen LogP contribution in [0.25, 0.3) is 0 Å². The Morgan fingerprint density at radius 2 is 1.86 bits per heavy atom. The number of rotatable bonds is 10. The molecule has 5 nitrogen and oxygen atoms in total. The van der Waals surface area contributed by atoms with Crippen LogP contribution in [0.2, 0.25) is 0 Å². The van der Waals surface area contributed by atoms with Crippen LogP contribution in [0.1, 0.15) is 64.7 Å². The predicted octanol–water partition coefficient (Wildman–Crippen LogP) is 2.35. The molecular weight excluding hydrogens is 272 g/mol. The number of carbonyl (C=O) groups excluding carboxylic acids is 2. The number of hydrogen-bond donors (Lipinski definition) is 2. The van der Waals surface area contributed by atoms with Crippen molar-refractivity contribution in [2.24, 2.45) is 11.8 Å². The molecule has 21 heavy (non-hydrogen) atoms. The Labute approximate surface area is 125 Å². The second kappa shape index (κ2) is 8.93. The molecule has 3 atom stereocenters. The highest BCUT2D eigenvalue weighted by atomic mass is 16.4. The number of aliphatic hydroxyl groups is 1. The lowest BCUT2D eigenvalue weighted by Crippen LogP contribution is -2.22. The molecule has 1 fully saturated rings. The molecule has 1 unspecified atom stereocenters. The van der Waals surface area contributed by atoms with Crippen molar-refractivity contribution in [2.45, 2.75) is 70.8 Å². The maximum absolute atomic E-state index is 11.8. The summed E-state index contributed by atoms with van der Waals surface area (Å²) in [5.41, 5.74) is 0. The van der Waals surface area contributed by atoms with Crippen molar-refractivity contribution in [3.63, 3.8) is 0 Å². The van der Waals surface area contributed by atoms with E-state index >= 15 is 0 Å². The minimum absolute atomic E-state index is 0.0628. The lowest BCUT2D eigenvalue weighted by Gasteiger charge is -2.20. The van der Waals surface area contributed by atoms with Gasteiger partial charge in [0.25, 0.3) is 0 Å². The number of Topliss-reactive ketones (excluding diaryl/α,β-unsaturated/α-hetero) is 2. The fourth-order valence-corrected chi connectivity index (χ4v) is 3.09. The number of ketones is 2. The molecule has 0 bridgehead atoms. The van der Waals surface area contributed by atoms with E-state index < -0.39 is 18.0 Å². The average Bonchev–Trinajstić information content (AvgIpc) is 2.68. The Balaban J connectivity index is 2.43. The summed E-state index contributed by atoms with van der Waals surface area (Å²) in [5, 5.41) is 18.7. The Morgan fingerprint density at radius 3 is 2.48 bits per heavy atom. The van der Waals surface area contributed by atoms with Gasteiger partial charge in [-0.2, -0.15) is 0 Å². The van der Waals surface area contributed by atoms with Crippen LogP contribution in [-0.2, 0) is 14.4 Å². The average molecular weight is 298 g/mol. The summed E-state index contributed by atoms with van der Waals surface area (Å²) in [6.07, 6.45) is 4.00. The zero-order valence-electron chi connectivity index (χ0n) is 12.7.